The monoisotopic (exact) mass is 390 g/mol. The highest BCUT2D eigenvalue weighted by atomic mass is 32.2. The molecule has 0 unspecified atom stereocenters. The summed E-state index contributed by atoms with van der Waals surface area (Å²) in [5, 5.41) is 0.361. The van der Waals surface area contributed by atoms with Gasteiger partial charge in [0.05, 0.1) is 12.9 Å². The van der Waals surface area contributed by atoms with Crippen molar-refractivity contribution in [3.05, 3.63) is 50.9 Å². The molecule has 0 N–H and O–H groups in total. The van der Waals surface area contributed by atoms with Gasteiger partial charge < -0.3 is 4.74 Å². The Morgan fingerprint density at radius 1 is 1.15 bits per heavy atom. The highest BCUT2D eigenvalue weighted by molar-refractivity contribution is 8.00. The van der Waals surface area contributed by atoms with Gasteiger partial charge in [-0.2, -0.15) is 0 Å². The van der Waals surface area contributed by atoms with Crippen molar-refractivity contribution >= 4 is 28.8 Å². The number of hydrogen-bond donors (Lipinski definition) is 0. The Morgan fingerprint density at radius 2 is 1.81 bits per heavy atom. The van der Waals surface area contributed by atoms with Gasteiger partial charge >= 0.3 is 11.7 Å². The molecule has 3 rings (SSSR count). The second-order valence-electron chi connectivity index (χ2n) is 5.63. The van der Waals surface area contributed by atoms with Gasteiger partial charge in [-0.05, 0) is 24.3 Å². The largest absolute Gasteiger partial charge is 0.468 e. The molecule has 0 amide bonds. The van der Waals surface area contributed by atoms with Crippen LogP contribution >= 0.6 is 11.8 Å². The van der Waals surface area contributed by atoms with Crippen LogP contribution in [0.4, 0.5) is 4.39 Å². The van der Waals surface area contributed by atoms with Gasteiger partial charge in [-0.1, -0.05) is 11.8 Å². The Hall–Kier alpha value is -3.01. The summed E-state index contributed by atoms with van der Waals surface area (Å²) < 4.78 is 20.0. The molecule has 0 fully saturated rings. The average molecular weight is 390 g/mol. The maximum absolute atomic E-state index is 13.2. The maximum Gasteiger partial charge on any atom is 0.332 e. The van der Waals surface area contributed by atoms with Crippen molar-refractivity contribution in [1.29, 1.82) is 0 Å². The Bertz CT molecular complexity index is 1150. The van der Waals surface area contributed by atoms with E-state index in [0.29, 0.717) is 5.56 Å². The summed E-state index contributed by atoms with van der Waals surface area (Å²) in [5.74, 6) is -0.770. The number of halogens is 1. The van der Waals surface area contributed by atoms with E-state index in [-0.39, 0.29) is 27.6 Å². The van der Waals surface area contributed by atoms with E-state index in [2.05, 4.69) is 14.7 Å². The summed E-state index contributed by atoms with van der Waals surface area (Å²) in [4.78, 5) is 45.1. The van der Waals surface area contributed by atoms with E-state index in [4.69, 9.17) is 0 Å². The van der Waals surface area contributed by atoms with E-state index in [0.717, 1.165) is 16.3 Å². The molecule has 2 heterocycles. The van der Waals surface area contributed by atoms with Crippen molar-refractivity contribution in [3.63, 3.8) is 0 Å². The molecule has 0 aliphatic carbocycles. The lowest BCUT2D eigenvalue weighted by molar-refractivity contribution is -0.137. The molecule has 27 heavy (non-hydrogen) atoms. The van der Waals surface area contributed by atoms with E-state index in [9.17, 15) is 18.8 Å². The van der Waals surface area contributed by atoms with Gasteiger partial charge in [-0.3, -0.25) is 18.7 Å². The predicted octanol–water partition coefficient (Wildman–Crippen LogP) is 1.10. The minimum Gasteiger partial charge on any atom is -0.468 e. The topological polar surface area (TPSA) is 96.1 Å². The lowest BCUT2D eigenvalue weighted by atomic mass is 10.2. The summed E-state index contributed by atoms with van der Waals surface area (Å²) in [7, 11) is 4.10. The van der Waals surface area contributed by atoms with Crippen LogP contribution in [0.2, 0.25) is 0 Å². The van der Waals surface area contributed by atoms with Crippen LogP contribution in [0.3, 0.4) is 0 Å². The van der Waals surface area contributed by atoms with Crippen molar-refractivity contribution in [2.45, 2.75) is 5.03 Å². The molecular formula is C17H15FN4O4S. The molecule has 0 spiro atoms. The molecule has 1 aromatic carbocycles. The molecule has 0 atom stereocenters. The number of thioether (sulfide) groups is 1. The third-order valence-corrected chi connectivity index (χ3v) is 4.87. The van der Waals surface area contributed by atoms with Crippen molar-refractivity contribution in [3.8, 4) is 11.4 Å². The smallest absolute Gasteiger partial charge is 0.332 e. The van der Waals surface area contributed by atoms with E-state index in [1.165, 1.54) is 50.0 Å². The Kier molecular flexibility index (Phi) is 5.08. The van der Waals surface area contributed by atoms with E-state index >= 15 is 0 Å². The first-order chi connectivity index (χ1) is 12.8. The van der Waals surface area contributed by atoms with Crippen LogP contribution in [-0.2, 0) is 23.6 Å². The van der Waals surface area contributed by atoms with Crippen LogP contribution < -0.4 is 11.2 Å². The molecule has 0 bridgehead atoms. The van der Waals surface area contributed by atoms with Gasteiger partial charge in [0.15, 0.2) is 11.5 Å². The van der Waals surface area contributed by atoms with Crippen molar-refractivity contribution in [2.24, 2.45) is 14.1 Å². The second-order valence-corrected chi connectivity index (χ2v) is 6.59. The quantitative estimate of drug-likeness (QED) is 0.374. The fraction of sp³-hybridized carbons (Fsp3) is 0.235. The molecular weight excluding hydrogens is 375 g/mol. The zero-order valence-corrected chi connectivity index (χ0v) is 15.5. The molecule has 140 valence electrons. The highest BCUT2D eigenvalue weighted by Crippen LogP contribution is 2.26. The minimum atomic E-state index is -0.564. The Morgan fingerprint density at radius 3 is 2.44 bits per heavy atom. The number of methoxy groups -OCH3 is 1. The average Bonchev–Trinajstić information content (AvgIpc) is 2.68. The van der Waals surface area contributed by atoms with Crippen molar-refractivity contribution < 1.29 is 13.9 Å². The highest BCUT2D eigenvalue weighted by Gasteiger charge is 2.19. The number of aryl methyl sites for hydroxylation is 1. The molecule has 0 saturated carbocycles. The predicted molar refractivity (Wildman–Crippen MR) is 98.2 cm³/mol. The molecule has 0 aliphatic rings. The maximum atomic E-state index is 13.2. The van der Waals surface area contributed by atoms with Gasteiger partial charge in [0.1, 0.15) is 16.2 Å². The third-order valence-electron chi connectivity index (χ3n) is 3.92. The zero-order valence-electron chi connectivity index (χ0n) is 14.7. The number of aromatic nitrogens is 4. The number of ether oxygens (including phenoxy) is 1. The molecule has 2 aromatic heterocycles. The van der Waals surface area contributed by atoms with E-state index < -0.39 is 23.0 Å². The molecule has 8 nitrogen and oxygen atoms in total. The van der Waals surface area contributed by atoms with Crippen LogP contribution in [0.5, 0.6) is 0 Å². The summed E-state index contributed by atoms with van der Waals surface area (Å²) >= 11 is 1.00. The molecule has 10 heteroatoms. The number of benzene rings is 1. The van der Waals surface area contributed by atoms with Gasteiger partial charge in [0, 0.05) is 19.7 Å². The summed E-state index contributed by atoms with van der Waals surface area (Å²) in [5.41, 5.74) is -0.470. The second kappa shape index (κ2) is 7.31. The number of fused-ring (bicyclic) bond motifs is 1. The first kappa shape index (κ1) is 18.8. The number of nitrogens with zero attached hydrogens (tertiary/aromatic N) is 4. The van der Waals surface area contributed by atoms with Crippen LogP contribution in [0, 0.1) is 5.82 Å². The SMILES string of the molecule is COC(=O)CSc1nc(-c2ccc(F)cc2)nc2c1c(=O)n(C)c(=O)n2C. The van der Waals surface area contributed by atoms with Crippen LogP contribution in [0.25, 0.3) is 22.4 Å². The summed E-state index contributed by atoms with van der Waals surface area (Å²) in [6, 6.07) is 5.50. The lowest BCUT2D eigenvalue weighted by Crippen LogP contribution is -2.37. The third kappa shape index (κ3) is 3.47. The van der Waals surface area contributed by atoms with Crippen LogP contribution in [0.1, 0.15) is 0 Å². The normalized spacial score (nSPS) is 11.0. The molecule has 0 radical (unpaired) electrons. The van der Waals surface area contributed by atoms with Crippen molar-refractivity contribution in [2.75, 3.05) is 12.9 Å². The van der Waals surface area contributed by atoms with Crippen LogP contribution in [0.15, 0.2) is 38.9 Å². The molecule has 3 aromatic rings. The van der Waals surface area contributed by atoms with Gasteiger partial charge in [-0.25, -0.2) is 19.2 Å². The number of hydrogen-bond acceptors (Lipinski definition) is 7. The molecule has 0 saturated heterocycles. The summed E-state index contributed by atoms with van der Waals surface area (Å²) in [6.45, 7) is 0. The van der Waals surface area contributed by atoms with Gasteiger partial charge in [-0.15, -0.1) is 0 Å². The minimum absolute atomic E-state index is 0.0720. The molecule has 0 aliphatic heterocycles. The summed E-state index contributed by atoms with van der Waals surface area (Å²) in [6.07, 6.45) is 0. The van der Waals surface area contributed by atoms with E-state index in [1.807, 2.05) is 0 Å². The number of carbonyl (C=O) groups is 1. The van der Waals surface area contributed by atoms with Gasteiger partial charge in [0.2, 0.25) is 0 Å². The number of carbonyl (C=O) groups excluding carboxylic acids is 1. The first-order valence-corrected chi connectivity index (χ1v) is 8.75. The first-order valence-electron chi connectivity index (χ1n) is 7.76. The van der Waals surface area contributed by atoms with Crippen molar-refractivity contribution in [1.82, 2.24) is 19.1 Å². The Balaban J connectivity index is 2.30. The number of rotatable bonds is 4. The lowest BCUT2D eigenvalue weighted by Gasteiger charge is -2.11. The van der Waals surface area contributed by atoms with E-state index in [1.54, 1.807) is 0 Å². The fourth-order valence-electron chi connectivity index (χ4n) is 2.45. The zero-order chi connectivity index (χ0) is 19.7. The van der Waals surface area contributed by atoms with Crippen LogP contribution in [-0.4, -0.2) is 37.9 Å². The Labute approximate surface area is 156 Å². The number of esters is 1. The standard InChI is InChI=1S/C17H15FN4O4S/c1-21-14-12(16(24)22(2)17(21)25)15(27-8-11(23)26-3)20-13(19-14)9-4-6-10(18)7-5-9/h4-7H,8H2,1-3H3. The van der Waals surface area contributed by atoms with Gasteiger partial charge in [0.25, 0.3) is 5.56 Å². The fourth-order valence-corrected chi connectivity index (χ4v) is 3.29.